The lowest BCUT2D eigenvalue weighted by Gasteiger charge is -2.28. The van der Waals surface area contributed by atoms with Gasteiger partial charge in [0.2, 0.25) is 0 Å². The molecule has 2 N–H and O–H groups in total. The molecule has 0 amide bonds. The van der Waals surface area contributed by atoms with Gasteiger partial charge >= 0.3 is 5.97 Å². The highest BCUT2D eigenvalue weighted by atomic mass is 16.4. The van der Waals surface area contributed by atoms with Crippen molar-refractivity contribution in [2.24, 2.45) is 11.8 Å². The van der Waals surface area contributed by atoms with Crippen LogP contribution in [0.3, 0.4) is 0 Å². The molecule has 0 aromatic rings. The maximum absolute atomic E-state index is 11.0. The van der Waals surface area contributed by atoms with E-state index in [1.165, 1.54) is 19.5 Å². The molecule has 0 aromatic heterocycles. The number of carboxylic acids is 1. The predicted molar refractivity (Wildman–Crippen MR) is 67.0 cm³/mol. The number of nitrogens with zero attached hydrogens (tertiary/aromatic N) is 1. The summed E-state index contributed by atoms with van der Waals surface area (Å²) in [5, 5.41) is 12.6. The van der Waals surface area contributed by atoms with Crippen LogP contribution in [-0.2, 0) is 4.79 Å². The lowest BCUT2D eigenvalue weighted by Crippen LogP contribution is -2.39. The van der Waals surface area contributed by atoms with Gasteiger partial charge in [0, 0.05) is 12.6 Å². The third kappa shape index (κ3) is 3.68. The normalized spacial score (nSPS) is 35.0. The molecule has 4 nitrogen and oxygen atoms in total. The van der Waals surface area contributed by atoms with Crippen molar-refractivity contribution in [3.63, 3.8) is 0 Å². The second-order valence-electron chi connectivity index (χ2n) is 5.72. The van der Waals surface area contributed by atoms with E-state index in [4.69, 9.17) is 5.11 Å². The summed E-state index contributed by atoms with van der Waals surface area (Å²) in [4.78, 5) is 13.3. The van der Waals surface area contributed by atoms with Gasteiger partial charge in [0.15, 0.2) is 0 Å². The Kier molecular flexibility index (Phi) is 4.40. The quantitative estimate of drug-likeness (QED) is 0.774. The van der Waals surface area contributed by atoms with E-state index in [-0.39, 0.29) is 5.92 Å². The molecule has 0 spiro atoms. The molecule has 1 saturated heterocycles. The highest BCUT2D eigenvalue weighted by molar-refractivity contribution is 5.70. The Morgan fingerprint density at radius 1 is 1.41 bits per heavy atom. The fraction of sp³-hybridized carbons (Fsp3) is 0.923. The molecule has 1 aliphatic carbocycles. The van der Waals surface area contributed by atoms with Crippen LogP contribution in [0.1, 0.15) is 32.1 Å². The number of carbonyl (C=O) groups is 1. The molecule has 0 radical (unpaired) electrons. The van der Waals surface area contributed by atoms with Crippen molar-refractivity contribution in [1.82, 2.24) is 10.2 Å². The second-order valence-corrected chi connectivity index (χ2v) is 5.72. The average Bonchev–Trinajstić information content (AvgIpc) is 2.73. The molecular weight excluding hydrogens is 216 g/mol. The van der Waals surface area contributed by atoms with Crippen LogP contribution in [0.4, 0.5) is 0 Å². The Labute approximate surface area is 103 Å². The second kappa shape index (κ2) is 5.83. The van der Waals surface area contributed by atoms with E-state index in [1.807, 2.05) is 0 Å². The van der Waals surface area contributed by atoms with Crippen LogP contribution in [0, 0.1) is 11.8 Å². The molecule has 2 rings (SSSR count). The van der Waals surface area contributed by atoms with E-state index in [0.29, 0.717) is 6.04 Å². The summed E-state index contributed by atoms with van der Waals surface area (Å²) in [5.41, 5.74) is 0. The molecular formula is C13H24N2O2. The smallest absolute Gasteiger partial charge is 0.306 e. The van der Waals surface area contributed by atoms with Gasteiger partial charge in [-0.15, -0.1) is 0 Å². The van der Waals surface area contributed by atoms with Gasteiger partial charge in [0.25, 0.3) is 0 Å². The van der Waals surface area contributed by atoms with Crippen LogP contribution >= 0.6 is 0 Å². The van der Waals surface area contributed by atoms with Crippen LogP contribution in [0.25, 0.3) is 0 Å². The lowest BCUT2D eigenvalue weighted by molar-refractivity contribution is -0.143. The highest BCUT2D eigenvalue weighted by Gasteiger charge is 2.27. The van der Waals surface area contributed by atoms with Crippen LogP contribution in [0.2, 0.25) is 0 Å². The first kappa shape index (κ1) is 12.8. The van der Waals surface area contributed by atoms with Gasteiger partial charge in [-0.25, -0.2) is 0 Å². The van der Waals surface area contributed by atoms with Gasteiger partial charge < -0.3 is 15.3 Å². The first-order chi connectivity index (χ1) is 8.15. The number of carboxylic acid groups (broad SMARTS) is 1. The van der Waals surface area contributed by atoms with Gasteiger partial charge in [-0.2, -0.15) is 0 Å². The first-order valence-electron chi connectivity index (χ1n) is 6.80. The van der Waals surface area contributed by atoms with E-state index >= 15 is 0 Å². The molecule has 1 saturated carbocycles. The predicted octanol–water partition coefficient (Wildman–Crippen LogP) is 1.17. The van der Waals surface area contributed by atoms with Crippen LogP contribution in [0.15, 0.2) is 0 Å². The standard InChI is InChI=1S/C13H24N2O2/c1-15-6-5-10(9-15)8-14-12-4-2-3-11(7-12)13(16)17/h10-12,14H,2-9H2,1H3,(H,16,17). The van der Waals surface area contributed by atoms with E-state index in [1.54, 1.807) is 0 Å². The molecule has 3 unspecified atom stereocenters. The maximum Gasteiger partial charge on any atom is 0.306 e. The molecule has 3 atom stereocenters. The van der Waals surface area contributed by atoms with Crippen molar-refractivity contribution in [3.8, 4) is 0 Å². The fourth-order valence-corrected chi connectivity index (χ4v) is 3.13. The Morgan fingerprint density at radius 2 is 2.24 bits per heavy atom. The molecule has 1 heterocycles. The van der Waals surface area contributed by atoms with E-state index in [9.17, 15) is 4.79 Å². The van der Waals surface area contributed by atoms with Crippen LogP contribution in [-0.4, -0.2) is 48.7 Å². The van der Waals surface area contributed by atoms with Gasteiger partial charge in [0.05, 0.1) is 5.92 Å². The van der Waals surface area contributed by atoms with Gasteiger partial charge in [-0.1, -0.05) is 6.42 Å². The number of likely N-dealkylation sites (tertiary alicyclic amines) is 1. The fourth-order valence-electron chi connectivity index (χ4n) is 3.13. The molecule has 98 valence electrons. The summed E-state index contributed by atoms with van der Waals surface area (Å²) >= 11 is 0. The maximum atomic E-state index is 11.0. The highest BCUT2D eigenvalue weighted by Crippen LogP contribution is 2.25. The third-order valence-electron chi connectivity index (χ3n) is 4.21. The average molecular weight is 240 g/mol. The minimum atomic E-state index is -0.614. The lowest BCUT2D eigenvalue weighted by atomic mass is 9.85. The summed E-state index contributed by atoms with van der Waals surface area (Å²) in [6, 6.07) is 0.427. The van der Waals surface area contributed by atoms with Crippen molar-refractivity contribution in [3.05, 3.63) is 0 Å². The van der Waals surface area contributed by atoms with E-state index in [2.05, 4.69) is 17.3 Å². The summed E-state index contributed by atoms with van der Waals surface area (Å²) in [6.07, 6.45) is 5.15. The molecule has 0 bridgehead atoms. The summed E-state index contributed by atoms with van der Waals surface area (Å²) in [6.45, 7) is 3.44. The third-order valence-corrected chi connectivity index (χ3v) is 4.21. The molecule has 4 heteroatoms. The van der Waals surface area contributed by atoms with E-state index < -0.39 is 5.97 Å². The van der Waals surface area contributed by atoms with Crippen molar-refractivity contribution < 1.29 is 9.90 Å². The molecule has 2 fully saturated rings. The van der Waals surface area contributed by atoms with Crippen LogP contribution in [0.5, 0.6) is 0 Å². The van der Waals surface area contributed by atoms with Gasteiger partial charge in [-0.05, 0) is 51.7 Å². The topological polar surface area (TPSA) is 52.6 Å². The Hall–Kier alpha value is -0.610. The zero-order chi connectivity index (χ0) is 12.3. The number of rotatable bonds is 4. The van der Waals surface area contributed by atoms with Gasteiger partial charge in [0.1, 0.15) is 0 Å². The number of hydrogen-bond donors (Lipinski definition) is 2. The summed E-state index contributed by atoms with van der Waals surface area (Å²) in [7, 11) is 2.17. The van der Waals surface area contributed by atoms with Crippen molar-refractivity contribution in [2.45, 2.75) is 38.1 Å². The van der Waals surface area contributed by atoms with Crippen molar-refractivity contribution in [2.75, 3.05) is 26.7 Å². The summed E-state index contributed by atoms with van der Waals surface area (Å²) in [5.74, 6) is 0.0230. The number of hydrogen-bond acceptors (Lipinski definition) is 3. The van der Waals surface area contributed by atoms with Crippen molar-refractivity contribution in [1.29, 1.82) is 0 Å². The van der Waals surface area contributed by atoms with Gasteiger partial charge in [-0.3, -0.25) is 4.79 Å². The zero-order valence-electron chi connectivity index (χ0n) is 10.7. The number of aliphatic carboxylic acids is 1. The van der Waals surface area contributed by atoms with Crippen molar-refractivity contribution >= 4 is 5.97 Å². The van der Waals surface area contributed by atoms with Crippen LogP contribution < -0.4 is 5.32 Å². The number of nitrogens with one attached hydrogen (secondary N) is 1. The Bertz CT molecular complexity index is 270. The minimum Gasteiger partial charge on any atom is -0.481 e. The molecule has 0 aromatic carbocycles. The summed E-state index contributed by atoms with van der Waals surface area (Å²) < 4.78 is 0. The Balaban J connectivity index is 1.70. The monoisotopic (exact) mass is 240 g/mol. The largest absolute Gasteiger partial charge is 0.481 e. The minimum absolute atomic E-state index is 0.118. The SMILES string of the molecule is CN1CCC(CNC2CCCC(C(=O)O)C2)C1. The molecule has 17 heavy (non-hydrogen) atoms. The zero-order valence-corrected chi connectivity index (χ0v) is 10.7. The first-order valence-corrected chi connectivity index (χ1v) is 6.80. The molecule has 1 aliphatic heterocycles. The Morgan fingerprint density at radius 3 is 2.88 bits per heavy atom. The molecule has 2 aliphatic rings. The van der Waals surface area contributed by atoms with E-state index in [0.717, 1.165) is 38.1 Å².